The molecule has 2 aromatic rings. The molecule has 0 aliphatic heterocycles. The minimum absolute atomic E-state index is 0.140. The van der Waals surface area contributed by atoms with Gasteiger partial charge in [-0.3, -0.25) is 14.3 Å². The van der Waals surface area contributed by atoms with E-state index in [2.05, 4.69) is 10.4 Å². The summed E-state index contributed by atoms with van der Waals surface area (Å²) < 4.78 is 14.6. The standard InChI is InChI=1S/C18H22FN3O2/c1-11(2)16-10-15(21-22(16)4)18(24)20-12(3)9-17(23)13-5-7-14(19)8-6-13/h5-8,10-12H,9H2,1-4H3,(H,20,24). The molecule has 5 nitrogen and oxygen atoms in total. The fourth-order valence-electron chi connectivity index (χ4n) is 2.51. The van der Waals surface area contributed by atoms with E-state index in [-0.39, 0.29) is 35.9 Å². The van der Waals surface area contributed by atoms with E-state index in [0.717, 1.165) is 5.69 Å². The van der Waals surface area contributed by atoms with Gasteiger partial charge in [-0.15, -0.1) is 0 Å². The maximum absolute atomic E-state index is 12.9. The minimum Gasteiger partial charge on any atom is -0.348 e. The lowest BCUT2D eigenvalue weighted by Crippen LogP contribution is -2.34. The summed E-state index contributed by atoms with van der Waals surface area (Å²) in [5.74, 6) is -0.575. The van der Waals surface area contributed by atoms with Gasteiger partial charge in [0.25, 0.3) is 5.91 Å². The van der Waals surface area contributed by atoms with Crippen LogP contribution in [0.15, 0.2) is 30.3 Å². The lowest BCUT2D eigenvalue weighted by atomic mass is 10.0. The lowest BCUT2D eigenvalue weighted by Gasteiger charge is -2.12. The average Bonchev–Trinajstić information content (AvgIpc) is 2.90. The number of nitrogens with one attached hydrogen (secondary N) is 1. The Morgan fingerprint density at radius 2 is 1.83 bits per heavy atom. The molecule has 0 radical (unpaired) electrons. The van der Waals surface area contributed by atoms with Crippen molar-refractivity contribution in [1.82, 2.24) is 15.1 Å². The van der Waals surface area contributed by atoms with Crippen molar-refractivity contribution >= 4 is 11.7 Å². The number of hydrogen-bond donors (Lipinski definition) is 1. The topological polar surface area (TPSA) is 64.0 Å². The zero-order valence-corrected chi connectivity index (χ0v) is 14.3. The van der Waals surface area contributed by atoms with Crippen LogP contribution in [0.3, 0.4) is 0 Å². The number of amides is 1. The number of hydrogen-bond acceptors (Lipinski definition) is 3. The molecule has 1 amide bonds. The maximum atomic E-state index is 12.9. The highest BCUT2D eigenvalue weighted by Crippen LogP contribution is 2.15. The second-order valence-electron chi connectivity index (χ2n) is 6.24. The fraction of sp³-hybridized carbons (Fsp3) is 0.389. The molecule has 1 aromatic heterocycles. The summed E-state index contributed by atoms with van der Waals surface area (Å²) >= 11 is 0. The molecule has 1 aromatic carbocycles. The summed E-state index contributed by atoms with van der Waals surface area (Å²) in [6, 6.07) is 6.80. The van der Waals surface area contributed by atoms with Gasteiger partial charge >= 0.3 is 0 Å². The first-order valence-corrected chi connectivity index (χ1v) is 7.91. The number of benzene rings is 1. The van der Waals surface area contributed by atoms with Gasteiger partial charge in [0, 0.05) is 30.8 Å². The van der Waals surface area contributed by atoms with Crippen molar-refractivity contribution in [3.05, 3.63) is 53.1 Å². The first kappa shape index (κ1) is 17.8. The van der Waals surface area contributed by atoms with Crippen LogP contribution in [0.5, 0.6) is 0 Å². The molecule has 0 spiro atoms. The van der Waals surface area contributed by atoms with Crippen molar-refractivity contribution in [1.29, 1.82) is 0 Å². The Morgan fingerprint density at radius 1 is 1.21 bits per heavy atom. The van der Waals surface area contributed by atoms with E-state index in [1.54, 1.807) is 24.7 Å². The fourth-order valence-corrected chi connectivity index (χ4v) is 2.51. The van der Waals surface area contributed by atoms with Crippen LogP contribution >= 0.6 is 0 Å². The lowest BCUT2D eigenvalue weighted by molar-refractivity contribution is 0.0914. The molecule has 0 saturated carbocycles. The van der Waals surface area contributed by atoms with Gasteiger partial charge in [-0.1, -0.05) is 13.8 Å². The number of aryl methyl sites for hydroxylation is 1. The maximum Gasteiger partial charge on any atom is 0.272 e. The summed E-state index contributed by atoms with van der Waals surface area (Å²) in [6.45, 7) is 5.82. The van der Waals surface area contributed by atoms with E-state index >= 15 is 0 Å². The van der Waals surface area contributed by atoms with E-state index < -0.39 is 0 Å². The second kappa shape index (κ2) is 7.38. The molecule has 1 unspecified atom stereocenters. The Hall–Kier alpha value is -2.50. The van der Waals surface area contributed by atoms with E-state index in [1.807, 2.05) is 13.8 Å². The third-order valence-electron chi connectivity index (χ3n) is 3.78. The Kier molecular flexibility index (Phi) is 5.49. The van der Waals surface area contributed by atoms with Crippen LogP contribution in [0.25, 0.3) is 0 Å². The van der Waals surface area contributed by atoms with Crippen molar-refractivity contribution in [2.75, 3.05) is 0 Å². The quantitative estimate of drug-likeness (QED) is 0.827. The van der Waals surface area contributed by atoms with E-state index in [4.69, 9.17) is 0 Å². The highest BCUT2D eigenvalue weighted by atomic mass is 19.1. The SMILES string of the molecule is CC(CC(=O)c1ccc(F)cc1)NC(=O)c1cc(C(C)C)n(C)n1. The van der Waals surface area contributed by atoms with Crippen LogP contribution in [0.1, 0.15) is 59.7 Å². The third kappa shape index (κ3) is 4.28. The Labute approximate surface area is 140 Å². The Bertz CT molecular complexity index is 735. The van der Waals surface area contributed by atoms with Gasteiger partial charge in [0.05, 0.1) is 0 Å². The first-order valence-electron chi connectivity index (χ1n) is 7.91. The van der Waals surface area contributed by atoms with Crippen molar-refractivity contribution in [2.45, 2.75) is 39.2 Å². The van der Waals surface area contributed by atoms with Gasteiger partial charge in [-0.05, 0) is 43.2 Å². The predicted molar refractivity (Wildman–Crippen MR) is 89.6 cm³/mol. The van der Waals surface area contributed by atoms with Crippen molar-refractivity contribution < 1.29 is 14.0 Å². The van der Waals surface area contributed by atoms with E-state index in [0.29, 0.717) is 11.3 Å². The molecule has 0 bridgehead atoms. The smallest absolute Gasteiger partial charge is 0.272 e. The average molecular weight is 331 g/mol. The molecule has 1 N–H and O–H groups in total. The molecule has 0 saturated heterocycles. The van der Waals surface area contributed by atoms with Crippen LogP contribution in [0.4, 0.5) is 4.39 Å². The largest absolute Gasteiger partial charge is 0.348 e. The van der Waals surface area contributed by atoms with Crippen LogP contribution in [-0.4, -0.2) is 27.5 Å². The number of ketones is 1. The summed E-state index contributed by atoms with van der Waals surface area (Å²) in [5.41, 5.74) is 1.73. The number of carbonyl (C=O) groups is 2. The minimum atomic E-state index is -0.385. The number of halogens is 1. The summed E-state index contributed by atoms with van der Waals surface area (Å²) in [7, 11) is 1.80. The molecular weight excluding hydrogens is 309 g/mol. The predicted octanol–water partition coefficient (Wildman–Crippen LogP) is 3.07. The van der Waals surface area contributed by atoms with Gasteiger partial charge in [0.15, 0.2) is 5.78 Å². The summed E-state index contributed by atoms with van der Waals surface area (Å²) in [6.07, 6.45) is 0.140. The van der Waals surface area contributed by atoms with Crippen LogP contribution < -0.4 is 5.32 Å². The number of carbonyl (C=O) groups excluding carboxylic acids is 2. The van der Waals surface area contributed by atoms with Crippen LogP contribution in [0.2, 0.25) is 0 Å². The molecule has 0 aliphatic rings. The number of rotatable bonds is 6. The van der Waals surface area contributed by atoms with Gasteiger partial charge < -0.3 is 5.32 Å². The van der Waals surface area contributed by atoms with Crippen molar-refractivity contribution in [2.24, 2.45) is 7.05 Å². The normalized spacial score (nSPS) is 12.2. The Morgan fingerprint density at radius 3 is 2.38 bits per heavy atom. The van der Waals surface area contributed by atoms with Crippen LogP contribution in [0, 0.1) is 5.82 Å². The molecule has 24 heavy (non-hydrogen) atoms. The van der Waals surface area contributed by atoms with Crippen LogP contribution in [-0.2, 0) is 7.05 Å². The number of nitrogens with zero attached hydrogens (tertiary/aromatic N) is 2. The van der Waals surface area contributed by atoms with E-state index in [1.165, 1.54) is 24.3 Å². The molecular formula is C18H22FN3O2. The van der Waals surface area contributed by atoms with Gasteiger partial charge in [0.2, 0.25) is 0 Å². The molecule has 2 rings (SSSR count). The molecule has 1 heterocycles. The zero-order chi connectivity index (χ0) is 17.9. The third-order valence-corrected chi connectivity index (χ3v) is 3.78. The molecule has 6 heteroatoms. The Balaban J connectivity index is 1.97. The molecule has 128 valence electrons. The molecule has 0 aliphatic carbocycles. The highest BCUT2D eigenvalue weighted by molar-refractivity contribution is 5.97. The second-order valence-corrected chi connectivity index (χ2v) is 6.24. The monoisotopic (exact) mass is 331 g/mol. The van der Waals surface area contributed by atoms with Crippen molar-refractivity contribution in [3.63, 3.8) is 0 Å². The van der Waals surface area contributed by atoms with Gasteiger partial charge in [0.1, 0.15) is 11.5 Å². The zero-order valence-electron chi connectivity index (χ0n) is 14.3. The van der Waals surface area contributed by atoms with Crippen molar-refractivity contribution in [3.8, 4) is 0 Å². The highest BCUT2D eigenvalue weighted by Gasteiger charge is 2.18. The first-order chi connectivity index (χ1) is 11.3. The number of Topliss-reactive ketones (excluding diaryl/α,β-unsaturated/α-hetero) is 1. The summed E-state index contributed by atoms with van der Waals surface area (Å²) in [5, 5.41) is 6.99. The van der Waals surface area contributed by atoms with E-state index in [9.17, 15) is 14.0 Å². The van der Waals surface area contributed by atoms with Gasteiger partial charge in [-0.2, -0.15) is 5.10 Å². The molecule has 0 fully saturated rings. The summed E-state index contributed by atoms with van der Waals surface area (Å²) in [4.78, 5) is 24.4. The number of aromatic nitrogens is 2. The molecule has 1 atom stereocenters. The van der Waals surface area contributed by atoms with Gasteiger partial charge in [-0.25, -0.2) is 4.39 Å².